The molecule has 88 valence electrons. The van der Waals surface area contributed by atoms with Crippen LogP contribution in [0.4, 0.5) is 8.78 Å². The molecule has 2 fully saturated rings. The number of likely N-dealkylation sites (tertiary alicyclic amines) is 1. The Morgan fingerprint density at radius 3 is 2.67 bits per heavy atom. The van der Waals surface area contributed by atoms with E-state index in [0.29, 0.717) is 0 Å². The second kappa shape index (κ2) is 3.98. The van der Waals surface area contributed by atoms with Gasteiger partial charge >= 0.3 is 0 Å². The van der Waals surface area contributed by atoms with Crippen molar-refractivity contribution in [3.8, 4) is 0 Å². The van der Waals surface area contributed by atoms with E-state index < -0.39 is 5.92 Å². The van der Waals surface area contributed by atoms with Gasteiger partial charge in [0, 0.05) is 25.4 Å². The first-order chi connectivity index (χ1) is 6.98. The normalized spacial score (nSPS) is 37.6. The number of rotatable bonds is 2. The predicted octanol–water partition coefficient (Wildman–Crippen LogP) is 1.88. The quantitative estimate of drug-likeness (QED) is 0.766. The maximum absolute atomic E-state index is 12.6. The molecule has 0 unspecified atom stereocenters. The second-order valence-corrected chi connectivity index (χ2v) is 5.08. The maximum atomic E-state index is 12.6. The fourth-order valence-corrected chi connectivity index (χ4v) is 2.69. The standard InChI is InChI=1S/C11H19F2NO/c1-8-10(15)3-2-4-14(8)7-9-5-11(12,13)6-9/h8-10,15H,2-7H2,1H3/t8-,10+/m0/s1. The minimum atomic E-state index is -2.41. The van der Waals surface area contributed by atoms with Crippen LogP contribution in [0.5, 0.6) is 0 Å². The minimum Gasteiger partial charge on any atom is -0.392 e. The zero-order valence-electron chi connectivity index (χ0n) is 9.13. The highest BCUT2D eigenvalue weighted by Crippen LogP contribution is 2.43. The van der Waals surface area contributed by atoms with Gasteiger partial charge in [0.25, 0.3) is 0 Å². The summed E-state index contributed by atoms with van der Waals surface area (Å²) >= 11 is 0. The van der Waals surface area contributed by atoms with Crippen molar-refractivity contribution in [3.05, 3.63) is 0 Å². The summed E-state index contributed by atoms with van der Waals surface area (Å²) in [5, 5.41) is 9.66. The third kappa shape index (κ3) is 2.48. The van der Waals surface area contributed by atoms with Gasteiger partial charge in [-0.25, -0.2) is 8.78 Å². The highest BCUT2D eigenvalue weighted by Gasteiger charge is 2.46. The first kappa shape index (κ1) is 11.3. The van der Waals surface area contributed by atoms with Gasteiger partial charge in [-0.1, -0.05) is 0 Å². The van der Waals surface area contributed by atoms with Crippen LogP contribution in [0.15, 0.2) is 0 Å². The number of alkyl halides is 2. The van der Waals surface area contributed by atoms with Crippen molar-refractivity contribution >= 4 is 0 Å². The van der Waals surface area contributed by atoms with Gasteiger partial charge in [-0.3, -0.25) is 4.90 Å². The summed E-state index contributed by atoms with van der Waals surface area (Å²) in [4.78, 5) is 2.16. The monoisotopic (exact) mass is 219 g/mol. The highest BCUT2D eigenvalue weighted by atomic mass is 19.3. The molecule has 1 aliphatic carbocycles. The van der Waals surface area contributed by atoms with Gasteiger partial charge in [-0.05, 0) is 32.2 Å². The Labute approximate surface area is 89.3 Å². The summed E-state index contributed by atoms with van der Waals surface area (Å²) < 4.78 is 25.3. The van der Waals surface area contributed by atoms with Gasteiger partial charge in [0.2, 0.25) is 5.92 Å². The molecule has 0 radical (unpaired) electrons. The van der Waals surface area contributed by atoms with Crippen LogP contribution < -0.4 is 0 Å². The molecule has 2 rings (SSSR count). The van der Waals surface area contributed by atoms with E-state index in [1.54, 1.807) is 0 Å². The van der Waals surface area contributed by atoms with Gasteiger partial charge in [-0.2, -0.15) is 0 Å². The van der Waals surface area contributed by atoms with E-state index in [9.17, 15) is 13.9 Å². The first-order valence-electron chi connectivity index (χ1n) is 5.78. The predicted molar refractivity (Wildman–Crippen MR) is 53.9 cm³/mol. The SMILES string of the molecule is C[C@H]1[C@H](O)CCCN1CC1CC(F)(F)C1. The summed E-state index contributed by atoms with van der Waals surface area (Å²) in [6, 6.07) is 0.132. The van der Waals surface area contributed by atoms with E-state index in [1.807, 2.05) is 6.92 Å². The Bertz CT molecular complexity index is 227. The molecule has 1 saturated heterocycles. The Morgan fingerprint density at radius 2 is 2.07 bits per heavy atom. The van der Waals surface area contributed by atoms with Crippen molar-refractivity contribution in [1.29, 1.82) is 0 Å². The third-order valence-electron chi connectivity index (χ3n) is 3.75. The number of piperidine rings is 1. The van der Waals surface area contributed by atoms with Crippen molar-refractivity contribution < 1.29 is 13.9 Å². The van der Waals surface area contributed by atoms with Crippen LogP contribution in [0, 0.1) is 5.92 Å². The molecule has 15 heavy (non-hydrogen) atoms. The molecule has 1 heterocycles. The lowest BCUT2D eigenvalue weighted by molar-refractivity contribution is -0.122. The van der Waals surface area contributed by atoms with Crippen molar-refractivity contribution in [1.82, 2.24) is 4.90 Å². The van der Waals surface area contributed by atoms with E-state index in [2.05, 4.69) is 4.90 Å². The first-order valence-corrected chi connectivity index (χ1v) is 5.78. The molecule has 2 atom stereocenters. The fraction of sp³-hybridized carbons (Fsp3) is 1.00. The number of aliphatic hydroxyl groups is 1. The minimum absolute atomic E-state index is 0.0340. The van der Waals surface area contributed by atoms with Gasteiger partial charge < -0.3 is 5.11 Å². The van der Waals surface area contributed by atoms with E-state index >= 15 is 0 Å². The van der Waals surface area contributed by atoms with Crippen LogP contribution in [0.3, 0.4) is 0 Å². The Morgan fingerprint density at radius 1 is 1.40 bits per heavy atom. The van der Waals surface area contributed by atoms with E-state index in [1.165, 1.54) is 0 Å². The number of aliphatic hydroxyl groups excluding tert-OH is 1. The van der Waals surface area contributed by atoms with Gasteiger partial charge in [0.05, 0.1) is 6.10 Å². The molecule has 1 saturated carbocycles. The third-order valence-corrected chi connectivity index (χ3v) is 3.75. The number of nitrogens with zero attached hydrogens (tertiary/aromatic N) is 1. The van der Waals surface area contributed by atoms with Crippen LogP contribution in [0.1, 0.15) is 32.6 Å². The Hall–Kier alpha value is -0.220. The molecule has 0 aromatic carbocycles. The molecule has 4 heteroatoms. The van der Waals surface area contributed by atoms with Gasteiger partial charge in [-0.15, -0.1) is 0 Å². The molecule has 0 aromatic heterocycles. The molecule has 0 amide bonds. The summed E-state index contributed by atoms with van der Waals surface area (Å²) in [6.45, 7) is 3.66. The van der Waals surface area contributed by atoms with Gasteiger partial charge in [0.15, 0.2) is 0 Å². The number of halogens is 2. The molecular weight excluding hydrogens is 200 g/mol. The Balaban J connectivity index is 1.79. The Kier molecular flexibility index (Phi) is 2.99. The molecule has 0 bridgehead atoms. The molecule has 1 aliphatic heterocycles. The maximum Gasteiger partial charge on any atom is 0.248 e. The van der Waals surface area contributed by atoms with Crippen LogP contribution in [0.2, 0.25) is 0 Å². The van der Waals surface area contributed by atoms with Crippen LogP contribution in [-0.2, 0) is 0 Å². The molecule has 1 N–H and O–H groups in total. The summed E-state index contributed by atoms with van der Waals surface area (Å²) in [5.41, 5.74) is 0. The lowest BCUT2D eigenvalue weighted by Gasteiger charge is -2.43. The summed E-state index contributed by atoms with van der Waals surface area (Å²) in [7, 11) is 0. The van der Waals surface area contributed by atoms with Crippen molar-refractivity contribution in [2.75, 3.05) is 13.1 Å². The number of hydrogen-bond acceptors (Lipinski definition) is 2. The molecule has 2 nitrogen and oxygen atoms in total. The largest absolute Gasteiger partial charge is 0.392 e. The zero-order valence-corrected chi connectivity index (χ0v) is 9.13. The van der Waals surface area contributed by atoms with E-state index in [0.717, 1.165) is 25.9 Å². The van der Waals surface area contributed by atoms with Gasteiger partial charge in [0.1, 0.15) is 0 Å². The van der Waals surface area contributed by atoms with Crippen LogP contribution >= 0.6 is 0 Å². The molecule has 2 aliphatic rings. The zero-order chi connectivity index (χ0) is 11.1. The molecular formula is C11H19F2NO. The number of hydrogen-bond donors (Lipinski definition) is 1. The molecule has 0 spiro atoms. The fourth-order valence-electron chi connectivity index (χ4n) is 2.69. The smallest absolute Gasteiger partial charge is 0.248 e. The van der Waals surface area contributed by atoms with E-state index in [-0.39, 0.29) is 30.9 Å². The summed E-state index contributed by atoms with van der Waals surface area (Å²) in [5.74, 6) is -2.28. The van der Waals surface area contributed by atoms with Crippen LogP contribution in [-0.4, -0.2) is 41.2 Å². The second-order valence-electron chi connectivity index (χ2n) is 5.08. The highest BCUT2D eigenvalue weighted by molar-refractivity contribution is 4.90. The van der Waals surface area contributed by atoms with Crippen LogP contribution in [0.25, 0.3) is 0 Å². The average molecular weight is 219 g/mol. The topological polar surface area (TPSA) is 23.5 Å². The average Bonchev–Trinajstić information content (AvgIpc) is 2.10. The van der Waals surface area contributed by atoms with E-state index in [4.69, 9.17) is 0 Å². The molecule has 0 aromatic rings. The van der Waals surface area contributed by atoms with Crippen molar-refractivity contribution in [3.63, 3.8) is 0 Å². The lowest BCUT2D eigenvalue weighted by Crippen LogP contribution is -2.51. The lowest BCUT2D eigenvalue weighted by atomic mass is 9.80. The van der Waals surface area contributed by atoms with Crippen molar-refractivity contribution in [2.45, 2.75) is 50.7 Å². The van der Waals surface area contributed by atoms with Crippen molar-refractivity contribution in [2.24, 2.45) is 5.92 Å². The summed E-state index contributed by atoms with van der Waals surface area (Å²) in [6.07, 6.45) is 1.62.